The fourth-order valence-electron chi connectivity index (χ4n) is 4.01. The standard InChI is InChI=1S/C22H23N5O3/c28-10-1-3-17-11-27(18-6-4-16(5-7-18)19-23-8-2-9-24-19)21(29)20(25-17)26-12-22(13-26)14-30-15-22/h2,4-9,11,28H,1,3,10,12-15H2. The second-order valence-corrected chi connectivity index (χ2v) is 8.03. The van der Waals surface area contributed by atoms with E-state index >= 15 is 0 Å². The van der Waals surface area contributed by atoms with Crippen molar-refractivity contribution < 1.29 is 9.84 Å². The van der Waals surface area contributed by atoms with E-state index in [1.807, 2.05) is 29.2 Å². The van der Waals surface area contributed by atoms with Crippen LogP contribution in [0, 0.1) is 5.41 Å². The number of benzene rings is 1. The summed E-state index contributed by atoms with van der Waals surface area (Å²) in [5.74, 6) is 1.11. The van der Waals surface area contributed by atoms with Crippen LogP contribution in [0.1, 0.15) is 12.1 Å². The van der Waals surface area contributed by atoms with Crippen LogP contribution in [0.3, 0.4) is 0 Å². The number of anilines is 1. The summed E-state index contributed by atoms with van der Waals surface area (Å²) in [6, 6.07) is 9.39. The van der Waals surface area contributed by atoms with Gasteiger partial charge in [0.15, 0.2) is 11.6 Å². The number of hydrogen-bond donors (Lipinski definition) is 1. The third kappa shape index (κ3) is 3.38. The van der Waals surface area contributed by atoms with E-state index in [-0.39, 0.29) is 17.6 Å². The number of nitrogens with zero attached hydrogens (tertiary/aromatic N) is 5. The SMILES string of the molecule is O=c1c(N2CC3(COC3)C2)nc(CCCO)cn1-c1ccc(-c2ncccn2)cc1. The van der Waals surface area contributed by atoms with E-state index in [9.17, 15) is 9.90 Å². The Labute approximate surface area is 173 Å². The van der Waals surface area contributed by atoms with Crippen molar-refractivity contribution in [2.45, 2.75) is 12.8 Å². The van der Waals surface area contributed by atoms with Crippen molar-refractivity contribution in [3.63, 3.8) is 0 Å². The van der Waals surface area contributed by atoms with Gasteiger partial charge in [0, 0.05) is 49.5 Å². The Balaban J connectivity index is 1.49. The molecule has 0 atom stereocenters. The number of aryl methyl sites for hydroxylation is 1. The van der Waals surface area contributed by atoms with Crippen molar-refractivity contribution in [1.82, 2.24) is 19.5 Å². The molecule has 1 spiro atoms. The van der Waals surface area contributed by atoms with Gasteiger partial charge in [-0.3, -0.25) is 9.36 Å². The van der Waals surface area contributed by atoms with E-state index in [2.05, 4.69) is 15.0 Å². The molecule has 1 N–H and O–H groups in total. The first kappa shape index (κ1) is 18.9. The van der Waals surface area contributed by atoms with Crippen LogP contribution in [0.4, 0.5) is 5.82 Å². The van der Waals surface area contributed by atoms with Gasteiger partial charge in [-0.25, -0.2) is 15.0 Å². The van der Waals surface area contributed by atoms with E-state index < -0.39 is 0 Å². The van der Waals surface area contributed by atoms with Crippen LogP contribution in [0.5, 0.6) is 0 Å². The highest BCUT2D eigenvalue weighted by Crippen LogP contribution is 2.38. The maximum Gasteiger partial charge on any atom is 0.298 e. The maximum absolute atomic E-state index is 13.3. The fourth-order valence-corrected chi connectivity index (χ4v) is 4.01. The summed E-state index contributed by atoms with van der Waals surface area (Å²) in [4.78, 5) is 28.5. The lowest BCUT2D eigenvalue weighted by Gasteiger charge is -2.55. The third-order valence-electron chi connectivity index (χ3n) is 5.67. The van der Waals surface area contributed by atoms with E-state index in [1.165, 1.54) is 0 Å². The molecular weight excluding hydrogens is 382 g/mol. The molecule has 0 amide bonds. The number of aliphatic hydroxyl groups excluding tert-OH is 1. The van der Waals surface area contributed by atoms with Gasteiger partial charge in [-0.15, -0.1) is 0 Å². The van der Waals surface area contributed by atoms with Gasteiger partial charge >= 0.3 is 0 Å². The van der Waals surface area contributed by atoms with Crippen molar-refractivity contribution in [2.75, 3.05) is 37.8 Å². The number of aromatic nitrogens is 4. The zero-order chi connectivity index (χ0) is 20.6. The second kappa shape index (κ2) is 7.62. The average molecular weight is 405 g/mol. The van der Waals surface area contributed by atoms with Gasteiger partial charge < -0.3 is 14.7 Å². The monoisotopic (exact) mass is 405 g/mol. The lowest BCUT2D eigenvalue weighted by molar-refractivity contribution is -0.127. The average Bonchev–Trinajstić information content (AvgIpc) is 2.72. The van der Waals surface area contributed by atoms with Crippen molar-refractivity contribution in [3.8, 4) is 17.1 Å². The number of rotatable bonds is 6. The lowest BCUT2D eigenvalue weighted by Crippen LogP contribution is -2.67. The lowest BCUT2D eigenvalue weighted by atomic mass is 9.78. The van der Waals surface area contributed by atoms with Gasteiger partial charge in [-0.05, 0) is 43.2 Å². The molecule has 30 heavy (non-hydrogen) atoms. The third-order valence-corrected chi connectivity index (χ3v) is 5.67. The molecule has 8 nitrogen and oxygen atoms in total. The molecule has 0 unspecified atom stereocenters. The molecule has 3 aromatic rings. The van der Waals surface area contributed by atoms with Crippen molar-refractivity contribution in [2.24, 2.45) is 5.41 Å². The number of aliphatic hydroxyl groups is 1. The maximum atomic E-state index is 13.3. The molecule has 8 heteroatoms. The van der Waals surface area contributed by atoms with Crippen LogP contribution >= 0.6 is 0 Å². The van der Waals surface area contributed by atoms with Gasteiger partial charge in [0.2, 0.25) is 0 Å². The summed E-state index contributed by atoms with van der Waals surface area (Å²) in [7, 11) is 0. The molecule has 1 aromatic carbocycles. The smallest absolute Gasteiger partial charge is 0.298 e. The van der Waals surface area contributed by atoms with E-state index in [0.29, 0.717) is 24.5 Å². The van der Waals surface area contributed by atoms with Gasteiger partial charge in [0.05, 0.1) is 24.3 Å². The Morgan fingerprint density at radius 3 is 2.47 bits per heavy atom. The highest BCUT2D eigenvalue weighted by Gasteiger charge is 2.50. The fraction of sp³-hybridized carbons (Fsp3) is 0.364. The molecule has 2 fully saturated rings. The predicted molar refractivity (Wildman–Crippen MR) is 112 cm³/mol. The van der Waals surface area contributed by atoms with E-state index in [1.54, 1.807) is 29.2 Å². The van der Waals surface area contributed by atoms with Gasteiger partial charge in [0.1, 0.15) is 0 Å². The first-order valence-corrected chi connectivity index (χ1v) is 10.1. The molecule has 4 heterocycles. The minimum Gasteiger partial charge on any atom is -0.396 e. The summed E-state index contributed by atoms with van der Waals surface area (Å²) < 4.78 is 6.99. The molecule has 0 aliphatic carbocycles. The molecule has 2 aliphatic rings. The zero-order valence-electron chi connectivity index (χ0n) is 16.6. The topological polar surface area (TPSA) is 93.4 Å². The normalized spacial score (nSPS) is 16.9. The van der Waals surface area contributed by atoms with Crippen LogP contribution < -0.4 is 10.5 Å². The molecule has 154 valence electrons. The van der Waals surface area contributed by atoms with Crippen LogP contribution in [-0.4, -0.2) is 57.5 Å². The van der Waals surface area contributed by atoms with Crippen molar-refractivity contribution >= 4 is 5.82 Å². The molecule has 2 saturated heterocycles. The van der Waals surface area contributed by atoms with E-state index in [4.69, 9.17) is 4.74 Å². The summed E-state index contributed by atoms with van der Waals surface area (Å²) in [5, 5.41) is 9.22. The second-order valence-electron chi connectivity index (χ2n) is 8.03. The Kier molecular flexibility index (Phi) is 4.80. The Bertz CT molecular complexity index is 1090. The minimum atomic E-state index is -0.137. The van der Waals surface area contributed by atoms with Crippen LogP contribution in [0.25, 0.3) is 17.1 Å². The van der Waals surface area contributed by atoms with Gasteiger partial charge in [0.25, 0.3) is 5.56 Å². The first-order valence-electron chi connectivity index (χ1n) is 10.1. The molecule has 2 aromatic heterocycles. The van der Waals surface area contributed by atoms with Crippen molar-refractivity contribution in [1.29, 1.82) is 0 Å². The largest absolute Gasteiger partial charge is 0.396 e. The summed E-state index contributed by atoms with van der Waals surface area (Å²) >= 11 is 0. The Morgan fingerprint density at radius 1 is 1.10 bits per heavy atom. The molecule has 5 rings (SSSR count). The highest BCUT2D eigenvalue weighted by atomic mass is 16.5. The highest BCUT2D eigenvalue weighted by molar-refractivity contribution is 5.57. The molecule has 0 saturated carbocycles. The Morgan fingerprint density at radius 2 is 1.83 bits per heavy atom. The van der Waals surface area contributed by atoms with Crippen LogP contribution in [-0.2, 0) is 11.2 Å². The van der Waals surface area contributed by atoms with Crippen molar-refractivity contribution in [3.05, 3.63) is 65.0 Å². The van der Waals surface area contributed by atoms with Gasteiger partial charge in [-0.1, -0.05) is 0 Å². The van der Waals surface area contributed by atoms with E-state index in [0.717, 1.165) is 43.2 Å². The minimum absolute atomic E-state index is 0.0894. The summed E-state index contributed by atoms with van der Waals surface area (Å²) in [6.45, 7) is 3.19. The molecule has 0 bridgehead atoms. The quantitative estimate of drug-likeness (QED) is 0.663. The van der Waals surface area contributed by atoms with Crippen LogP contribution in [0.15, 0.2) is 53.7 Å². The molecular formula is C22H23N5O3. The predicted octanol–water partition coefficient (Wildman–Crippen LogP) is 1.45. The van der Waals surface area contributed by atoms with Crippen LogP contribution in [0.2, 0.25) is 0 Å². The summed E-state index contributed by atoms with van der Waals surface area (Å²) in [6.07, 6.45) is 6.40. The summed E-state index contributed by atoms with van der Waals surface area (Å²) in [5.41, 5.74) is 2.49. The molecule has 2 aliphatic heterocycles. The number of ether oxygens (including phenoxy) is 1. The first-order chi connectivity index (χ1) is 14.7. The zero-order valence-corrected chi connectivity index (χ0v) is 16.6. The number of hydrogen-bond acceptors (Lipinski definition) is 7. The van der Waals surface area contributed by atoms with Gasteiger partial charge in [-0.2, -0.15) is 0 Å². The Hall–Kier alpha value is -3.10. The molecule has 0 radical (unpaired) electrons.